The van der Waals surface area contributed by atoms with E-state index in [0.717, 1.165) is 11.1 Å². The second-order valence-electron chi connectivity index (χ2n) is 4.26. The van der Waals surface area contributed by atoms with Crippen LogP contribution in [0.1, 0.15) is 11.1 Å². The third-order valence-corrected chi connectivity index (χ3v) is 2.53. The van der Waals surface area contributed by atoms with Gasteiger partial charge in [-0.25, -0.2) is 0 Å². The normalized spacial score (nSPS) is 10.2. The van der Waals surface area contributed by atoms with Crippen molar-refractivity contribution in [1.82, 2.24) is 9.97 Å². The van der Waals surface area contributed by atoms with Crippen LogP contribution in [-0.4, -0.2) is 31.9 Å². The smallest absolute Gasteiger partial charge is 0.525 e. The summed E-state index contributed by atoms with van der Waals surface area (Å²) in [7, 11) is 4.49. The highest BCUT2D eigenvalue weighted by molar-refractivity contribution is 6.20. The summed E-state index contributed by atoms with van der Waals surface area (Å²) in [5.41, 5.74) is 1.85. The molecule has 6 nitrogen and oxygen atoms in total. The first-order chi connectivity index (χ1) is 10.3. The molecule has 0 aliphatic rings. The maximum atomic E-state index is 5.37. The van der Waals surface area contributed by atoms with Crippen molar-refractivity contribution < 1.29 is 18.8 Å². The van der Waals surface area contributed by atoms with Crippen LogP contribution in [0.15, 0.2) is 36.9 Å². The predicted molar refractivity (Wildman–Crippen MR) is 76.9 cm³/mol. The number of methoxy groups -OCH3 is 2. The Hall–Kier alpha value is -2.12. The first-order valence-corrected chi connectivity index (χ1v) is 6.32. The van der Waals surface area contributed by atoms with Gasteiger partial charge in [0, 0.05) is 26.6 Å². The Labute approximate surface area is 124 Å². The predicted octanol–water partition coefficient (Wildman–Crippen LogP) is 1.76. The third-order valence-electron chi connectivity index (χ3n) is 2.53. The lowest BCUT2D eigenvalue weighted by molar-refractivity contribution is 0.184. The molecule has 0 unspecified atom stereocenters. The lowest BCUT2D eigenvalue weighted by Crippen LogP contribution is -2.11. The number of rotatable bonds is 8. The van der Waals surface area contributed by atoms with E-state index in [1.54, 1.807) is 39.0 Å². The molecule has 2 aromatic heterocycles. The number of nitrogens with zero attached hydrogens (tertiary/aromatic N) is 2. The minimum absolute atomic E-state index is 0.480. The fraction of sp³-hybridized carbons (Fsp3) is 0.286. The Morgan fingerprint density at radius 3 is 1.71 bits per heavy atom. The average Bonchev–Trinajstić information content (AvgIpc) is 2.49. The Morgan fingerprint density at radius 2 is 1.29 bits per heavy atom. The summed E-state index contributed by atoms with van der Waals surface area (Å²) >= 11 is 0. The van der Waals surface area contributed by atoms with Gasteiger partial charge in [-0.1, -0.05) is 0 Å². The van der Waals surface area contributed by atoms with Crippen molar-refractivity contribution in [3.05, 3.63) is 48.0 Å². The largest absolute Gasteiger partial charge is 0.658 e. The third kappa shape index (κ3) is 5.05. The summed E-state index contributed by atoms with van der Waals surface area (Å²) in [5, 5.41) is 0. The molecule has 0 aliphatic heterocycles. The van der Waals surface area contributed by atoms with Crippen LogP contribution in [0.25, 0.3) is 0 Å². The standard InChI is InChI=1S/C14H16BN2O4/c1-18-9-11-3-13(7-16-5-11)20-15-21-14-4-12(10-19-2)6-17-8-14/h3-8H,9-10H2,1-2H3. The fourth-order valence-corrected chi connectivity index (χ4v) is 1.68. The van der Waals surface area contributed by atoms with Gasteiger partial charge >= 0.3 is 7.69 Å². The molecule has 0 fully saturated rings. The van der Waals surface area contributed by atoms with E-state index in [1.165, 1.54) is 7.69 Å². The molecule has 7 heteroatoms. The second-order valence-corrected chi connectivity index (χ2v) is 4.26. The minimum Gasteiger partial charge on any atom is -0.525 e. The average molecular weight is 287 g/mol. The van der Waals surface area contributed by atoms with E-state index >= 15 is 0 Å². The van der Waals surface area contributed by atoms with Crippen LogP contribution in [0.4, 0.5) is 0 Å². The van der Waals surface area contributed by atoms with E-state index in [2.05, 4.69) is 9.97 Å². The molecule has 1 radical (unpaired) electrons. The summed E-state index contributed by atoms with van der Waals surface area (Å²) in [6.07, 6.45) is 6.63. The number of ether oxygens (including phenoxy) is 2. The summed E-state index contributed by atoms with van der Waals surface area (Å²) in [5.74, 6) is 1.15. The van der Waals surface area contributed by atoms with Crippen LogP contribution >= 0.6 is 0 Å². The Bertz CT molecular complexity index is 519. The summed E-state index contributed by atoms with van der Waals surface area (Å²) in [6.45, 7) is 0.960. The van der Waals surface area contributed by atoms with Crippen LogP contribution in [0, 0.1) is 0 Å². The van der Waals surface area contributed by atoms with Crippen molar-refractivity contribution in [2.75, 3.05) is 14.2 Å². The lowest BCUT2D eigenvalue weighted by Gasteiger charge is -2.08. The van der Waals surface area contributed by atoms with Gasteiger partial charge in [-0.3, -0.25) is 9.97 Å². The Morgan fingerprint density at radius 1 is 0.810 bits per heavy atom. The number of hydrogen-bond donors (Lipinski definition) is 0. The van der Waals surface area contributed by atoms with Gasteiger partial charge in [0.15, 0.2) is 0 Å². The van der Waals surface area contributed by atoms with Crippen LogP contribution < -0.4 is 9.31 Å². The van der Waals surface area contributed by atoms with Gasteiger partial charge in [-0.2, -0.15) is 0 Å². The van der Waals surface area contributed by atoms with Crippen molar-refractivity contribution in [2.45, 2.75) is 13.2 Å². The minimum atomic E-state index is 0.480. The van der Waals surface area contributed by atoms with Gasteiger partial charge in [-0.15, -0.1) is 0 Å². The molecular formula is C14H16BN2O4. The maximum Gasteiger partial charge on any atom is 0.658 e. The van der Waals surface area contributed by atoms with E-state index in [0.29, 0.717) is 24.7 Å². The molecule has 0 saturated heterocycles. The van der Waals surface area contributed by atoms with E-state index in [-0.39, 0.29) is 0 Å². The van der Waals surface area contributed by atoms with Gasteiger partial charge in [-0.05, 0) is 23.3 Å². The molecule has 0 amide bonds. The van der Waals surface area contributed by atoms with Crippen molar-refractivity contribution in [1.29, 1.82) is 0 Å². The fourth-order valence-electron chi connectivity index (χ4n) is 1.68. The monoisotopic (exact) mass is 287 g/mol. The summed E-state index contributed by atoms with van der Waals surface area (Å²) < 4.78 is 20.8. The summed E-state index contributed by atoms with van der Waals surface area (Å²) in [4.78, 5) is 8.12. The first kappa shape index (κ1) is 15.3. The summed E-state index contributed by atoms with van der Waals surface area (Å²) in [6, 6.07) is 3.66. The SMILES string of the molecule is COCc1cncc(O[B]Oc2cncc(COC)c2)c1. The van der Waals surface area contributed by atoms with E-state index in [4.69, 9.17) is 18.8 Å². The highest BCUT2D eigenvalue weighted by atomic mass is 16.6. The van der Waals surface area contributed by atoms with Crippen molar-refractivity contribution >= 4 is 7.69 Å². The molecule has 2 aromatic rings. The van der Waals surface area contributed by atoms with E-state index in [9.17, 15) is 0 Å². The molecule has 2 heterocycles. The lowest BCUT2D eigenvalue weighted by atomic mass is 10.2. The zero-order valence-corrected chi connectivity index (χ0v) is 12.0. The topological polar surface area (TPSA) is 62.7 Å². The van der Waals surface area contributed by atoms with Crippen LogP contribution in [0.2, 0.25) is 0 Å². The van der Waals surface area contributed by atoms with Crippen molar-refractivity contribution in [3.8, 4) is 11.5 Å². The number of hydrogen-bond acceptors (Lipinski definition) is 6. The molecule has 21 heavy (non-hydrogen) atoms. The van der Waals surface area contributed by atoms with Gasteiger partial charge in [0.2, 0.25) is 0 Å². The van der Waals surface area contributed by atoms with E-state index in [1.807, 2.05) is 12.1 Å². The Balaban J connectivity index is 1.86. The van der Waals surface area contributed by atoms with E-state index < -0.39 is 0 Å². The van der Waals surface area contributed by atoms with Gasteiger partial charge in [0.05, 0.1) is 25.6 Å². The van der Waals surface area contributed by atoms with Gasteiger partial charge < -0.3 is 18.8 Å². The molecule has 0 saturated carbocycles. The number of pyridine rings is 2. The zero-order valence-electron chi connectivity index (χ0n) is 12.0. The molecule has 0 atom stereocenters. The molecule has 0 aromatic carbocycles. The first-order valence-electron chi connectivity index (χ1n) is 6.32. The van der Waals surface area contributed by atoms with Crippen LogP contribution in [0.5, 0.6) is 11.5 Å². The van der Waals surface area contributed by atoms with Gasteiger partial charge in [0.1, 0.15) is 11.5 Å². The van der Waals surface area contributed by atoms with Crippen molar-refractivity contribution in [2.24, 2.45) is 0 Å². The maximum absolute atomic E-state index is 5.37. The highest BCUT2D eigenvalue weighted by Crippen LogP contribution is 2.14. The molecule has 0 bridgehead atoms. The molecule has 0 N–H and O–H groups in total. The Kier molecular flexibility index (Phi) is 5.99. The van der Waals surface area contributed by atoms with Crippen LogP contribution in [-0.2, 0) is 22.7 Å². The molecule has 0 aliphatic carbocycles. The highest BCUT2D eigenvalue weighted by Gasteiger charge is 2.04. The second kappa shape index (κ2) is 8.23. The number of aromatic nitrogens is 2. The van der Waals surface area contributed by atoms with Gasteiger partial charge in [0.25, 0.3) is 0 Å². The molecule has 0 spiro atoms. The molecular weight excluding hydrogens is 271 g/mol. The quantitative estimate of drug-likeness (QED) is 0.689. The molecule has 109 valence electrons. The zero-order chi connectivity index (χ0) is 14.9. The van der Waals surface area contributed by atoms with Crippen LogP contribution in [0.3, 0.4) is 0 Å². The molecule has 2 rings (SSSR count). The van der Waals surface area contributed by atoms with Crippen molar-refractivity contribution in [3.63, 3.8) is 0 Å².